The second kappa shape index (κ2) is 7.19. The van der Waals surface area contributed by atoms with E-state index in [1.807, 2.05) is 13.0 Å². The average molecular weight is 275 g/mol. The first kappa shape index (κ1) is 15.6. The Labute approximate surface area is 117 Å². The number of aryl methyl sites for hydroxylation is 1. The highest BCUT2D eigenvalue weighted by atomic mass is 16.5. The summed E-state index contributed by atoms with van der Waals surface area (Å²) in [6, 6.07) is 4.34. The van der Waals surface area contributed by atoms with Gasteiger partial charge in [0.1, 0.15) is 11.8 Å². The number of aliphatic carboxylic acids is 1. The van der Waals surface area contributed by atoms with E-state index in [4.69, 9.17) is 16.3 Å². The number of terminal acetylenes is 1. The molecule has 1 atom stereocenters. The molecule has 1 unspecified atom stereocenters. The Kier molecular flexibility index (Phi) is 5.60. The van der Waals surface area contributed by atoms with E-state index in [0.717, 1.165) is 11.1 Å². The fourth-order valence-electron chi connectivity index (χ4n) is 1.72. The number of carboxylic acids is 1. The minimum Gasteiger partial charge on any atom is -0.496 e. The van der Waals surface area contributed by atoms with Crippen molar-refractivity contribution < 1.29 is 19.4 Å². The summed E-state index contributed by atoms with van der Waals surface area (Å²) in [6.45, 7) is 1.90. The molecule has 0 saturated carbocycles. The lowest BCUT2D eigenvalue weighted by Crippen LogP contribution is -2.41. The van der Waals surface area contributed by atoms with Crippen molar-refractivity contribution >= 4 is 11.9 Å². The fraction of sp³-hybridized carbons (Fsp3) is 0.333. The number of methoxy groups -OCH3 is 1. The van der Waals surface area contributed by atoms with Gasteiger partial charge in [0.15, 0.2) is 0 Å². The molecule has 0 aliphatic heterocycles. The maximum Gasteiger partial charge on any atom is 0.327 e. The van der Waals surface area contributed by atoms with Crippen LogP contribution >= 0.6 is 0 Å². The van der Waals surface area contributed by atoms with Crippen LogP contribution in [0.1, 0.15) is 17.5 Å². The van der Waals surface area contributed by atoms with E-state index in [1.165, 1.54) is 0 Å². The Morgan fingerprint density at radius 1 is 1.50 bits per heavy atom. The monoisotopic (exact) mass is 275 g/mol. The Morgan fingerprint density at radius 2 is 2.20 bits per heavy atom. The minimum absolute atomic E-state index is 0.0434. The molecular weight excluding hydrogens is 258 g/mol. The number of carbonyl (C=O) groups excluding carboxylic acids is 1. The minimum atomic E-state index is -1.14. The van der Waals surface area contributed by atoms with Crippen LogP contribution in [0, 0.1) is 19.3 Å². The van der Waals surface area contributed by atoms with E-state index in [9.17, 15) is 9.59 Å². The van der Waals surface area contributed by atoms with Crippen molar-refractivity contribution in [1.29, 1.82) is 0 Å². The van der Waals surface area contributed by atoms with Crippen LogP contribution in [0.5, 0.6) is 5.75 Å². The molecular formula is C15H17NO4. The van der Waals surface area contributed by atoms with Gasteiger partial charge in [-0.15, -0.1) is 12.3 Å². The Balaban J connectivity index is 2.71. The molecule has 0 saturated heterocycles. The van der Waals surface area contributed by atoms with Crippen molar-refractivity contribution in [3.63, 3.8) is 0 Å². The van der Waals surface area contributed by atoms with Gasteiger partial charge in [-0.25, -0.2) is 4.79 Å². The van der Waals surface area contributed by atoms with Gasteiger partial charge in [-0.2, -0.15) is 0 Å². The van der Waals surface area contributed by atoms with E-state index in [0.29, 0.717) is 5.75 Å². The fourth-order valence-corrected chi connectivity index (χ4v) is 1.72. The maximum absolute atomic E-state index is 11.8. The van der Waals surface area contributed by atoms with E-state index in [-0.39, 0.29) is 12.8 Å². The number of hydrogen-bond donors (Lipinski definition) is 2. The van der Waals surface area contributed by atoms with Crippen molar-refractivity contribution in [2.75, 3.05) is 7.11 Å². The molecule has 1 rings (SSSR count). The SMILES string of the molecule is C#CCC(NC(=O)Cc1ccc(C)c(OC)c1)C(=O)O. The molecule has 2 N–H and O–H groups in total. The van der Waals surface area contributed by atoms with Gasteiger partial charge in [-0.3, -0.25) is 4.79 Å². The molecule has 0 heterocycles. The second-order valence-corrected chi connectivity index (χ2v) is 4.35. The maximum atomic E-state index is 11.8. The van der Waals surface area contributed by atoms with Crippen molar-refractivity contribution in [2.45, 2.75) is 25.8 Å². The molecule has 0 fully saturated rings. The molecule has 0 spiro atoms. The van der Waals surface area contributed by atoms with E-state index in [2.05, 4.69) is 11.2 Å². The molecule has 1 aromatic carbocycles. The Hall–Kier alpha value is -2.48. The van der Waals surface area contributed by atoms with Crippen LogP contribution in [-0.4, -0.2) is 30.1 Å². The third-order valence-corrected chi connectivity index (χ3v) is 2.79. The van der Waals surface area contributed by atoms with Gasteiger partial charge in [0.05, 0.1) is 13.5 Å². The molecule has 0 aliphatic carbocycles. The van der Waals surface area contributed by atoms with Crippen molar-refractivity contribution in [1.82, 2.24) is 5.32 Å². The van der Waals surface area contributed by atoms with E-state index >= 15 is 0 Å². The largest absolute Gasteiger partial charge is 0.496 e. The van der Waals surface area contributed by atoms with Crippen LogP contribution < -0.4 is 10.1 Å². The number of carbonyl (C=O) groups is 2. The molecule has 5 heteroatoms. The number of ether oxygens (including phenoxy) is 1. The lowest BCUT2D eigenvalue weighted by atomic mass is 10.1. The quantitative estimate of drug-likeness (QED) is 0.763. The van der Waals surface area contributed by atoms with Gasteiger partial charge in [-0.1, -0.05) is 12.1 Å². The Morgan fingerprint density at radius 3 is 2.75 bits per heavy atom. The molecule has 1 amide bonds. The molecule has 106 valence electrons. The van der Waals surface area contributed by atoms with Crippen LogP contribution in [-0.2, 0) is 16.0 Å². The van der Waals surface area contributed by atoms with Crippen molar-refractivity contribution in [3.05, 3.63) is 29.3 Å². The summed E-state index contributed by atoms with van der Waals surface area (Å²) in [6.07, 6.45) is 5.10. The highest BCUT2D eigenvalue weighted by molar-refractivity contribution is 5.85. The number of rotatable bonds is 6. The van der Waals surface area contributed by atoms with Crippen LogP contribution in [0.2, 0.25) is 0 Å². The van der Waals surface area contributed by atoms with Crippen LogP contribution in [0.15, 0.2) is 18.2 Å². The summed E-state index contributed by atoms with van der Waals surface area (Å²) in [4.78, 5) is 22.7. The lowest BCUT2D eigenvalue weighted by Gasteiger charge is -2.12. The smallest absolute Gasteiger partial charge is 0.327 e. The molecule has 0 aromatic heterocycles. The van der Waals surface area contributed by atoms with Gasteiger partial charge in [0, 0.05) is 6.42 Å². The highest BCUT2D eigenvalue weighted by Crippen LogP contribution is 2.19. The first-order valence-corrected chi connectivity index (χ1v) is 6.07. The van der Waals surface area contributed by atoms with Crippen molar-refractivity contribution in [2.24, 2.45) is 0 Å². The van der Waals surface area contributed by atoms with Gasteiger partial charge in [0.25, 0.3) is 0 Å². The number of carboxylic acid groups (broad SMARTS) is 1. The lowest BCUT2D eigenvalue weighted by molar-refractivity contribution is -0.141. The van der Waals surface area contributed by atoms with Crippen LogP contribution in [0.25, 0.3) is 0 Å². The zero-order valence-electron chi connectivity index (χ0n) is 11.5. The summed E-state index contributed by atoms with van der Waals surface area (Å²) in [5.41, 5.74) is 1.71. The van der Waals surface area contributed by atoms with E-state index < -0.39 is 17.9 Å². The summed E-state index contributed by atoms with van der Waals surface area (Å²) >= 11 is 0. The predicted octanol–water partition coefficient (Wildman–Crippen LogP) is 1.14. The molecule has 20 heavy (non-hydrogen) atoms. The highest BCUT2D eigenvalue weighted by Gasteiger charge is 2.18. The van der Waals surface area contributed by atoms with Crippen LogP contribution in [0.3, 0.4) is 0 Å². The van der Waals surface area contributed by atoms with Gasteiger partial charge < -0.3 is 15.2 Å². The van der Waals surface area contributed by atoms with Crippen LogP contribution in [0.4, 0.5) is 0 Å². The molecule has 0 aliphatic rings. The molecule has 0 bridgehead atoms. The third-order valence-electron chi connectivity index (χ3n) is 2.79. The molecule has 1 aromatic rings. The van der Waals surface area contributed by atoms with Gasteiger partial charge in [-0.05, 0) is 24.1 Å². The first-order valence-electron chi connectivity index (χ1n) is 6.07. The first-order chi connectivity index (χ1) is 9.47. The molecule has 5 nitrogen and oxygen atoms in total. The number of amides is 1. The Bertz CT molecular complexity index is 545. The number of hydrogen-bond acceptors (Lipinski definition) is 3. The standard InChI is InChI=1S/C15H17NO4/c1-4-5-12(15(18)19)16-14(17)9-11-7-6-10(2)13(8-11)20-3/h1,6-8,12H,5,9H2,2-3H3,(H,16,17)(H,18,19). The summed E-state index contributed by atoms with van der Waals surface area (Å²) in [5.74, 6) is 1.39. The van der Waals surface area contributed by atoms with E-state index in [1.54, 1.807) is 19.2 Å². The molecule has 0 radical (unpaired) electrons. The second-order valence-electron chi connectivity index (χ2n) is 4.35. The summed E-state index contributed by atoms with van der Waals surface area (Å²) < 4.78 is 5.17. The number of nitrogens with one attached hydrogen (secondary N) is 1. The van der Waals surface area contributed by atoms with Gasteiger partial charge >= 0.3 is 5.97 Å². The topological polar surface area (TPSA) is 75.6 Å². The summed E-state index contributed by atoms with van der Waals surface area (Å²) in [5, 5.41) is 11.3. The predicted molar refractivity (Wildman–Crippen MR) is 74.5 cm³/mol. The van der Waals surface area contributed by atoms with Gasteiger partial charge in [0.2, 0.25) is 5.91 Å². The zero-order valence-corrected chi connectivity index (χ0v) is 11.5. The number of benzene rings is 1. The zero-order chi connectivity index (χ0) is 15.1. The third kappa shape index (κ3) is 4.32. The summed E-state index contributed by atoms with van der Waals surface area (Å²) in [7, 11) is 1.56. The normalized spacial score (nSPS) is 11.2. The average Bonchev–Trinajstić information content (AvgIpc) is 2.40. The van der Waals surface area contributed by atoms with Crippen molar-refractivity contribution in [3.8, 4) is 18.1 Å².